The summed E-state index contributed by atoms with van der Waals surface area (Å²) in [6, 6.07) is 12.7. The molecule has 120 heavy (non-hydrogen) atoms. The average molecular weight is 1820 g/mol. The maximum Gasteiger partial charge on any atom is 0.437 e. The van der Waals surface area contributed by atoms with Gasteiger partial charge in [0.2, 0.25) is 11.8 Å². The topological polar surface area (TPSA) is 243 Å². The molecule has 0 bridgehead atoms. The fourth-order valence-electron chi connectivity index (χ4n) is 17.0. The van der Waals surface area contributed by atoms with Gasteiger partial charge in [0, 0.05) is 134 Å². The fraction of sp³-hybridized carbons (Fsp3) is 0.562. The van der Waals surface area contributed by atoms with Crippen molar-refractivity contribution in [3.63, 3.8) is 0 Å². The maximum absolute atomic E-state index is 13.9. The number of carbonyl (C=O) groups is 2. The third-order valence-corrected chi connectivity index (χ3v) is 26.4. The van der Waals surface area contributed by atoms with Crippen LogP contribution < -0.4 is 25.3 Å². The molecule has 24 nitrogen and oxygen atoms in total. The van der Waals surface area contributed by atoms with Crippen molar-refractivity contribution in [2.75, 3.05) is 138 Å². The number of alkyl halides is 9. The Bertz CT molecular complexity index is 5280. The number of anilines is 3. The lowest BCUT2D eigenvalue weighted by Gasteiger charge is -2.47. The van der Waals surface area contributed by atoms with Crippen LogP contribution in [0, 0.1) is 41.4 Å². The van der Waals surface area contributed by atoms with Crippen LogP contribution in [-0.4, -0.2) is 217 Å². The lowest BCUT2D eigenvalue weighted by Crippen LogP contribution is -2.54. The van der Waals surface area contributed by atoms with Gasteiger partial charge in [-0.1, -0.05) is 102 Å². The molecule has 6 aliphatic rings. The molecular formula is C80H95Cl6F9N20O4S. The van der Waals surface area contributed by atoms with E-state index in [4.69, 9.17) is 69.6 Å². The SMILES string of the molecule is CC(=O)NCCN1CCCC(C2CN(c3cnc4c(C(F)(F)F)nn(C(C)c5ccc(Cl)cc5Cl)c4n3)C2)C1.CC(C)C(=O)NCCN1CCCC(C2CN(c3cnc4c(C(F)(F)F)nn(C(C)c5ccc(Cl)cc5Cl)c4n3)C2)C1.CC(c1ccc(Cl)cc1Cl)n1nc(C(F)(F)F)c2ncc(N3CC(C4CCCN(CCCS(C)(=O)=O)C4)C3)nc21. The van der Waals surface area contributed by atoms with Gasteiger partial charge in [-0.2, -0.15) is 54.8 Å². The molecule has 9 aromatic rings. The first kappa shape index (κ1) is 90.3. The van der Waals surface area contributed by atoms with E-state index in [1.165, 1.54) is 45.8 Å². The molecule has 0 radical (unpaired) electrons. The van der Waals surface area contributed by atoms with Gasteiger partial charge in [-0.05, 0) is 180 Å². The Labute approximate surface area is 719 Å². The second-order valence-corrected chi connectivity index (χ2v) is 37.4. The number of sulfone groups is 1. The van der Waals surface area contributed by atoms with Crippen LogP contribution in [0.3, 0.4) is 0 Å². The van der Waals surface area contributed by atoms with Crippen LogP contribution in [-0.2, 0) is 38.0 Å². The largest absolute Gasteiger partial charge is 0.437 e. The van der Waals surface area contributed by atoms with Gasteiger partial charge in [0.15, 0.2) is 34.0 Å². The van der Waals surface area contributed by atoms with Gasteiger partial charge in [-0.25, -0.2) is 52.4 Å². The third-order valence-electron chi connectivity index (χ3n) is 23.7. The summed E-state index contributed by atoms with van der Waals surface area (Å²) in [5.41, 5.74) is -2.22. The molecule has 0 spiro atoms. The number of benzene rings is 3. The Hall–Kier alpha value is -7.41. The Morgan fingerprint density at radius 3 is 1.05 bits per heavy atom. The van der Waals surface area contributed by atoms with Crippen LogP contribution in [0.25, 0.3) is 33.5 Å². The number of piperidine rings is 3. The zero-order valence-corrected chi connectivity index (χ0v) is 72.5. The number of fused-ring (bicyclic) bond motifs is 3. The molecule has 2 N–H and O–H groups in total. The zero-order chi connectivity index (χ0) is 86.2. The van der Waals surface area contributed by atoms with Crippen LogP contribution in [0.15, 0.2) is 73.2 Å². The molecule has 2 amide bonds. The van der Waals surface area contributed by atoms with Gasteiger partial charge in [0.1, 0.15) is 43.8 Å². The first-order chi connectivity index (χ1) is 56.7. The first-order valence-electron chi connectivity index (χ1n) is 40.2. The number of rotatable bonds is 23. The summed E-state index contributed by atoms with van der Waals surface area (Å²) in [6.45, 7) is 24.6. The van der Waals surface area contributed by atoms with Crippen LogP contribution in [0.1, 0.15) is 138 Å². The molecule has 6 saturated heterocycles. The Kier molecular flexibility index (Phi) is 28.3. The van der Waals surface area contributed by atoms with E-state index >= 15 is 0 Å². The third kappa shape index (κ3) is 21.3. The van der Waals surface area contributed by atoms with E-state index in [0.717, 1.165) is 137 Å². The van der Waals surface area contributed by atoms with Crippen molar-refractivity contribution in [3.8, 4) is 0 Å². The van der Waals surface area contributed by atoms with Crippen molar-refractivity contribution >= 4 is 142 Å². The molecule has 650 valence electrons. The number of hydrogen-bond donors (Lipinski definition) is 2. The molecule has 0 saturated carbocycles. The lowest BCUT2D eigenvalue weighted by atomic mass is 9.80. The van der Waals surface area contributed by atoms with Gasteiger partial charge >= 0.3 is 18.5 Å². The molecule has 6 aliphatic heterocycles. The van der Waals surface area contributed by atoms with Crippen molar-refractivity contribution in [1.29, 1.82) is 0 Å². The van der Waals surface area contributed by atoms with Crippen molar-refractivity contribution in [1.82, 2.24) is 84.6 Å². The molecule has 6 fully saturated rings. The van der Waals surface area contributed by atoms with Crippen molar-refractivity contribution < 1.29 is 57.5 Å². The lowest BCUT2D eigenvalue weighted by molar-refractivity contribution is -0.141. The van der Waals surface area contributed by atoms with E-state index in [2.05, 4.69) is 80.3 Å². The highest BCUT2D eigenvalue weighted by atomic mass is 35.5. The Balaban J connectivity index is 0.000000156. The predicted molar refractivity (Wildman–Crippen MR) is 447 cm³/mol. The molecule has 3 aromatic carbocycles. The van der Waals surface area contributed by atoms with Gasteiger partial charge < -0.3 is 40.0 Å². The highest BCUT2D eigenvalue weighted by Gasteiger charge is 2.45. The molecule has 40 heteroatoms. The first-order valence-corrected chi connectivity index (χ1v) is 44.5. The fourth-order valence-corrected chi connectivity index (χ4v) is 19.3. The minimum atomic E-state index is -4.70. The smallest absolute Gasteiger partial charge is 0.355 e. The Morgan fingerprint density at radius 2 is 0.767 bits per heavy atom. The number of halogens is 15. The maximum atomic E-state index is 13.9. The van der Waals surface area contributed by atoms with Gasteiger partial charge in [-0.3, -0.25) is 9.59 Å². The van der Waals surface area contributed by atoms with E-state index < -0.39 is 63.6 Å². The summed E-state index contributed by atoms with van der Waals surface area (Å²) in [6.07, 6.45) is -1.31. The van der Waals surface area contributed by atoms with E-state index in [0.29, 0.717) is 119 Å². The second-order valence-electron chi connectivity index (χ2n) is 32.6. The van der Waals surface area contributed by atoms with Gasteiger partial charge in [0.25, 0.3) is 0 Å². The monoisotopic (exact) mass is 1810 g/mol. The summed E-state index contributed by atoms with van der Waals surface area (Å²) < 4.78 is 151. The standard InChI is InChI=1S/C28H34Cl2F3N7O.C26H30Cl2F3N7O.C26H31Cl2F3N6O2S/c1-16(2)27(41)34-8-10-38-9-4-5-18(13-38)19-14-39(15-19)23-12-35-24-25(28(31,32)33)37-40(26(24)36-23)17(3)21-7-6-20(29)11-22(21)30;1-15(20-6-5-19(27)10-21(20)28)38-25-23(24(35-38)26(29,30)31)33-11-22(34-25)37-13-18(14-37)17-4-3-8-36(12-17)9-7-32-16(2)39;1-16(20-7-6-19(27)11-21(20)28)37-25-23(24(34-37)26(29,30)31)32-12-22(33-25)36-14-18(15-36)17-5-3-8-35(13-17)9-4-10-40(2,38)39/h6-7,11-12,16-19H,4-5,8-10,13-15H2,1-3H3,(H,34,41);5-6,10-11,15,17-18H,3-4,7-9,12-14H2,1-2H3,(H,32,39);6-7,11-12,16-18H,3-5,8-10,13-15H2,1-2H3. The van der Waals surface area contributed by atoms with Crippen LogP contribution >= 0.6 is 69.6 Å². The number of carbonyl (C=O) groups excluding carboxylic acids is 2. The number of hydrogen-bond acceptors (Lipinski definition) is 19. The summed E-state index contributed by atoms with van der Waals surface area (Å²) in [7, 11) is -2.96. The molecule has 0 aliphatic carbocycles. The van der Waals surface area contributed by atoms with Crippen molar-refractivity contribution in [2.45, 2.75) is 123 Å². The molecule has 6 aromatic heterocycles. The molecular weight excluding hydrogens is 1720 g/mol. The molecule has 6 atom stereocenters. The predicted octanol–water partition coefficient (Wildman–Crippen LogP) is 16.1. The second kappa shape index (κ2) is 37.6. The van der Waals surface area contributed by atoms with Crippen LogP contribution in [0.4, 0.5) is 57.0 Å². The highest BCUT2D eigenvalue weighted by Crippen LogP contribution is 2.44. The number of aromatic nitrogens is 12. The zero-order valence-electron chi connectivity index (χ0n) is 67.1. The van der Waals surface area contributed by atoms with Gasteiger partial charge in [0.05, 0.1) is 42.5 Å². The quantitative estimate of drug-likeness (QED) is 0.0565. The van der Waals surface area contributed by atoms with E-state index in [9.17, 15) is 57.5 Å². The summed E-state index contributed by atoms with van der Waals surface area (Å²) in [5, 5.41) is 19.8. The summed E-state index contributed by atoms with van der Waals surface area (Å²) >= 11 is 37.1. The van der Waals surface area contributed by atoms with E-state index in [1.54, 1.807) is 75.4 Å². The minimum absolute atomic E-state index is 0.0226. The highest BCUT2D eigenvalue weighted by molar-refractivity contribution is 7.90. The summed E-state index contributed by atoms with van der Waals surface area (Å²) in [4.78, 5) is 62.7. The van der Waals surface area contributed by atoms with Crippen LogP contribution in [0.5, 0.6) is 0 Å². The molecule has 6 unspecified atom stereocenters. The summed E-state index contributed by atoms with van der Waals surface area (Å²) in [5.74, 6) is 4.67. The number of amides is 2. The van der Waals surface area contributed by atoms with E-state index in [1.807, 2.05) is 18.7 Å². The normalized spacial score (nSPS) is 19.8. The molecule has 12 heterocycles. The van der Waals surface area contributed by atoms with Crippen molar-refractivity contribution in [3.05, 3.63) is 137 Å². The Morgan fingerprint density at radius 1 is 0.458 bits per heavy atom. The number of nitrogens with zero attached hydrogens (tertiary/aromatic N) is 18. The van der Waals surface area contributed by atoms with Crippen molar-refractivity contribution in [2.24, 2.45) is 41.4 Å². The van der Waals surface area contributed by atoms with Gasteiger partial charge in [-0.15, -0.1) is 0 Å². The number of likely N-dealkylation sites (tertiary alicyclic amines) is 3. The number of nitrogens with one attached hydrogen (secondary N) is 2. The minimum Gasteiger partial charge on any atom is -0.355 e. The average Bonchev–Trinajstić information content (AvgIpc) is 1.54. The van der Waals surface area contributed by atoms with E-state index in [-0.39, 0.29) is 57.0 Å². The molecule has 15 rings (SSSR count). The van der Waals surface area contributed by atoms with Crippen LogP contribution in [0.2, 0.25) is 30.1 Å².